The van der Waals surface area contributed by atoms with Gasteiger partial charge in [0.15, 0.2) is 0 Å². The summed E-state index contributed by atoms with van der Waals surface area (Å²) in [6.07, 6.45) is 18.1. The summed E-state index contributed by atoms with van der Waals surface area (Å²) in [5, 5.41) is 0. The third-order valence-electron chi connectivity index (χ3n) is 6.12. The maximum atomic E-state index is 2.57. The molecule has 0 aromatic heterocycles. The SMILES string of the molecule is CC(C1CCCCCC1)C(C)C1CCCCCC1. The molecule has 0 heteroatoms. The first-order valence-electron chi connectivity index (χ1n) is 8.79. The van der Waals surface area contributed by atoms with E-state index >= 15 is 0 Å². The highest BCUT2D eigenvalue weighted by Crippen LogP contribution is 2.39. The Bertz CT molecular complexity index is 180. The van der Waals surface area contributed by atoms with Gasteiger partial charge in [0.1, 0.15) is 0 Å². The van der Waals surface area contributed by atoms with Crippen molar-refractivity contribution in [3.8, 4) is 0 Å². The van der Waals surface area contributed by atoms with E-state index in [9.17, 15) is 0 Å². The molecule has 2 aliphatic rings. The third kappa shape index (κ3) is 4.00. The van der Waals surface area contributed by atoms with Gasteiger partial charge >= 0.3 is 0 Å². The van der Waals surface area contributed by atoms with Crippen LogP contribution in [0.3, 0.4) is 0 Å². The molecule has 2 fully saturated rings. The second kappa shape index (κ2) is 7.56. The molecule has 2 aliphatic carbocycles. The Morgan fingerprint density at radius 1 is 0.500 bits per heavy atom. The summed E-state index contributed by atoms with van der Waals surface area (Å²) in [7, 11) is 0. The van der Waals surface area contributed by atoms with Gasteiger partial charge in [0.25, 0.3) is 0 Å². The van der Waals surface area contributed by atoms with E-state index in [0.29, 0.717) is 0 Å². The standard InChI is InChI=1S/C18H34/c1-15(17-11-7-3-4-8-12-17)16(2)18-13-9-5-6-10-14-18/h15-18H,3-14H2,1-2H3. The molecule has 0 radical (unpaired) electrons. The maximum absolute atomic E-state index is 2.57. The van der Waals surface area contributed by atoms with Crippen LogP contribution in [-0.2, 0) is 0 Å². The lowest BCUT2D eigenvalue weighted by molar-refractivity contribution is 0.165. The van der Waals surface area contributed by atoms with E-state index in [1.165, 1.54) is 77.0 Å². The van der Waals surface area contributed by atoms with E-state index in [2.05, 4.69) is 13.8 Å². The van der Waals surface area contributed by atoms with Crippen molar-refractivity contribution < 1.29 is 0 Å². The highest BCUT2D eigenvalue weighted by molar-refractivity contribution is 4.79. The molecule has 106 valence electrons. The lowest BCUT2D eigenvalue weighted by Gasteiger charge is -2.33. The second-order valence-corrected chi connectivity index (χ2v) is 7.22. The van der Waals surface area contributed by atoms with Crippen LogP contribution in [0.5, 0.6) is 0 Å². The molecule has 18 heavy (non-hydrogen) atoms. The Morgan fingerprint density at radius 2 is 0.778 bits per heavy atom. The van der Waals surface area contributed by atoms with Gasteiger partial charge in [-0.2, -0.15) is 0 Å². The Labute approximate surface area is 115 Å². The molecular formula is C18H34. The van der Waals surface area contributed by atoms with E-state index in [1.54, 1.807) is 0 Å². The first-order chi connectivity index (χ1) is 8.79. The quantitative estimate of drug-likeness (QED) is 0.523. The molecule has 0 amide bonds. The van der Waals surface area contributed by atoms with Crippen LogP contribution in [0.15, 0.2) is 0 Å². The third-order valence-corrected chi connectivity index (χ3v) is 6.12. The average molecular weight is 250 g/mol. The van der Waals surface area contributed by atoms with Crippen molar-refractivity contribution in [3.63, 3.8) is 0 Å². The van der Waals surface area contributed by atoms with Crippen LogP contribution in [0.1, 0.15) is 90.9 Å². The summed E-state index contributed by atoms with van der Waals surface area (Å²) < 4.78 is 0. The Balaban J connectivity index is 1.87. The van der Waals surface area contributed by atoms with Crippen LogP contribution >= 0.6 is 0 Å². The summed E-state index contributed by atoms with van der Waals surface area (Å²) in [5.74, 6) is 4.05. The number of hydrogen-bond donors (Lipinski definition) is 0. The zero-order chi connectivity index (χ0) is 12.8. The van der Waals surface area contributed by atoms with E-state index in [0.717, 1.165) is 23.7 Å². The highest BCUT2D eigenvalue weighted by Gasteiger charge is 2.29. The summed E-state index contributed by atoms with van der Waals surface area (Å²) in [6, 6.07) is 0. The van der Waals surface area contributed by atoms with Crippen molar-refractivity contribution in [1.29, 1.82) is 0 Å². The van der Waals surface area contributed by atoms with Crippen molar-refractivity contribution in [2.24, 2.45) is 23.7 Å². The molecule has 0 N–H and O–H groups in total. The monoisotopic (exact) mass is 250 g/mol. The van der Waals surface area contributed by atoms with Crippen molar-refractivity contribution in [2.45, 2.75) is 90.9 Å². The molecule has 2 rings (SSSR count). The number of rotatable bonds is 3. The fourth-order valence-corrected chi connectivity index (χ4v) is 4.53. The van der Waals surface area contributed by atoms with Crippen molar-refractivity contribution >= 4 is 0 Å². The minimum Gasteiger partial charge on any atom is -0.0620 e. The number of hydrogen-bond acceptors (Lipinski definition) is 0. The lowest BCUT2D eigenvalue weighted by atomic mass is 9.72. The van der Waals surface area contributed by atoms with Crippen LogP contribution in [0.4, 0.5) is 0 Å². The molecule has 0 bridgehead atoms. The topological polar surface area (TPSA) is 0 Å². The van der Waals surface area contributed by atoms with Gasteiger partial charge in [-0.15, -0.1) is 0 Å². The molecule has 0 saturated heterocycles. The van der Waals surface area contributed by atoms with Crippen LogP contribution < -0.4 is 0 Å². The van der Waals surface area contributed by atoms with Crippen LogP contribution in [0, 0.1) is 23.7 Å². The molecule has 0 aromatic carbocycles. The zero-order valence-corrected chi connectivity index (χ0v) is 12.8. The molecule has 0 aliphatic heterocycles. The summed E-state index contributed by atoms with van der Waals surface area (Å²) in [6.45, 7) is 5.15. The summed E-state index contributed by atoms with van der Waals surface area (Å²) >= 11 is 0. The minimum absolute atomic E-state index is 0.978. The fourth-order valence-electron chi connectivity index (χ4n) is 4.53. The Kier molecular flexibility index (Phi) is 6.05. The molecule has 0 spiro atoms. The molecule has 2 saturated carbocycles. The first kappa shape index (κ1) is 14.4. The molecular weight excluding hydrogens is 216 g/mol. The largest absolute Gasteiger partial charge is 0.0620 e. The Hall–Kier alpha value is 0. The van der Waals surface area contributed by atoms with Gasteiger partial charge in [-0.25, -0.2) is 0 Å². The van der Waals surface area contributed by atoms with E-state index in [4.69, 9.17) is 0 Å². The molecule has 0 nitrogen and oxygen atoms in total. The van der Waals surface area contributed by atoms with E-state index in [-0.39, 0.29) is 0 Å². The van der Waals surface area contributed by atoms with Crippen LogP contribution in [-0.4, -0.2) is 0 Å². The predicted octanol–water partition coefficient (Wildman–Crippen LogP) is 6.20. The van der Waals surface area contributed by atoms with E-state index in [1.807, 2.05) is 0 Å². The lowest BCUT2D eigenvalue weighted by Crippen LogP contribution is -2.25. The zero-order valence-electron chi connectivity index (χ0n) is 12.8. The molecule has 2 atom stereocenters. The molecule has 0 aromatic rings. The van der Waals surface area contributed by atoms with Crippen LogP contribution in [0.2, 0.25) is 0 Å². The van der Waals surface area contributed by atoms with Crippen molar-refractivity contribution in [2.75, 3.05) is 0 Å². The summed E-state index contributed by atoms with van der Waals surface area (Å²) in [5.41, 5.74) is 0. The first-order valence-corrected chi connectivity index (χ1v) is 8.79. The molecule has 0 heterocycles. The smallest absolute Gasteiger partial charge is 0.0386 e. The highest BCUT2D eigenvalue weighted by atomic mass is 14.3. The van der Waals surface area contributed by atoms with Gasteiger partial charge in [-0.05, 0) is 23.7 Å². The minimum atomic E-state index is 0.978. The van der Waals surface area contributed by atoms with Gasteiger partial charge < -0.3 is 0 Å². The van der Waals surface area contributed by atoms with E-state index < -0.39 is 0 Å². The van der Waals surface area contributed by atoms with Gasteiger partial charge in [-0.3, -0.25) is 0 Å². The Morgan fingerprint density at radius 3 is 1.06 bits per heavy atom. The fraction of sp³-hybridized carbons (Fsp3) is 1.00. The van der Waals surface area contributed by atoms with Crippen molar-refractivity contribution in [1.82, 2.24) is 0 Å². The van der Waals surface area contributed by atoms with Gasteiger partial charge in [0, 0.05) is 0 Å². The summed E-state index contributed by atoms with van der Waals surface area (Å²) in [4.78, 5) is 0. The maximum Gasteiger partial charge on any atom is -0.0386 e. The van der Waals surface area contributed by atoms with Gasteiger partial charge in [0.05, 0.1) is 0 Å². The van der Waals surface area contributed by atoms with Gasteiger partial charge in [-0.1, -0.05) is 90.9 Å². The average Bonchev–Trinajstić information content (AvgIpc) is 2.81. The molecule has 2 unspecified atom stereocenters. The van der Waals surface area contributed by atoms with Crippen molar-refractivity contribution in [3.05, 3.63) is 0 Å². The van der Waals surface area contributed by atoms with Crippen LogP contribution in [0.25, 0.3) is 0 Å². The second-order valence-electron chi connectivity index (χ2n) is 7.22. The normalized spacial score (nSPS) is 28.3. The predicted molar refractivity (Wildman–Crippen MR) is 80.7 cm³/mol. The van der Waals surface area contributed by atoms with Gasteiger partial charge in [0.2, 0.25) is 0 Å².